The molecule has 0 aliphatic rings. The number of nitrogens with one attached hydrogen (secondary N) is 1. The van der Waals surface area contributed by atoms with Gasteiger partial charge in [-0.3, -0.25) is 4.79 Å². The molecule has 88 valence electrons. The van der Waals surface area contributed by atoms with Gasteiger partial charge in [0.05, 0.1) is 12.1 Å². The first kappa shape index (κ1) is 12.8. The molecule has 0 unspecified atom stereocenters. The summed E-state index contributed by atoms with van der Waals surface area (Å²) >= 11 is 0. The Bertz CT molecular complexity index is 402. The van der Waals surface area contributed by atoms with E-state index in [1.54, 1.807) is 20.9 Å². The van der Waals surface area contributed by atoms with Crippen LogP contribution in [0, 0.1) is 11.6 Å². The predicted molar refractivity (Wildman–Crippen MR) is 58.7 cm³/mol. The molecule has 0 aliphatic carbocycles. The standard InChI is InChI=1S/C12H15F2NO/c1-7(2)8-4-9(12(16)6-15-3)11(14)5-10(8)13/h4-5,7,15H,6H2,1-3H3. The van der Waals surface area contributed by atoms with Crippen molar-refractivity contribution in [1.82, 2.24) is 5.32 Å². The number of hydrogen-bond donors (Lipinski definition) is 1. The number of ketones is 1. The third-order valence-electron chi connectivity index (χ3n) is 2.35. The van der Waals surface area contributed by atoms with Gasteiger partial charge in [-0.05, 0) is 24.6 Å². The molecule has 1 N–H and O–H groups in total. The molecule has 0 amide bonds. The molecule has 0 radical (unpaired) electrons. The van der Waals surface area contributed by atoms with E-state index in [2.05, 4.69) is 5.32 Å². The maximum absolute atomic E-state index is 13.4. The summed E-state index contributed by atoms with van der Waals surface area (Å²) in [5, 5.41) is 2.65. The van der Waals surface area contributed by atoms with Crippen LogP contribution in [0.15, 0.2) is 12.1 Å². The van der Waals surface area contributed by atoms with Gasteiger partial charge in [0.15, 0.2) is 5.78 Å². The number of halogens is 2. The molecular weight excluding hydrogens is 212 g/mol. The first-order chi connectivity index (χ1) is 7.47. The molecule has 0 bridgehead atoms. The second-order valence-corrected chi connectivity index (χ2v) is 3.96. The topological polar surface area (TPSA) is 29.1 Å². The van der Waals surface area contributed by atoms with Crippen molar-refractivity contribution in [3.8, 4) is 0 Å². The third-order valence-corrected chi connectivity index (χ3v) is 2.35. The molecule has 1 rings (SSSR count). The van der Waals surface area contributed by atoms with Crippen LogP contribution in [0.1, 0.15) is 35.7 Å². The van der Waals surface area contributed by atoms with Crippen LogP contribution in [0.4, 0.5) is 8.78 Å². The van der Waals surface area contributed by atoms with Crippen LogP contribution >= 0.6 is 0 Å². The molecule has 0 spiro atoms. The van der Waals surface area contributed by atoms with Crippen molar-refractivity contribution in [1.29, 1.82) is 0 Å². The number of benzene rings is 1. The van der Waals surface area contributed by atoms with Crippen molar-refractivity contribution in [2.24, 2.45) is 0 Å². The number of likely N-dealkylation sites (N-methyl/N-ethyl adjacent to an activating group) is 1. The van der Waals surface area contributed by atoms with Crippen LogP contribution < -0.4 is 5.32 Å². The van der Waals surface area contributed by atoms with Crippen molar-refractivity contribution in [2.75, 3.05) is 13.6 Å². The first-order valence-corrected chi connectivity index (χ1v) is 5.14. The Labute approximate surface area is 93.7 Å². The average Bonchev–Trinajstić information content (AvgIpc) is 2.17. The normalized spacial score (nSPS) is 10.9. The minimum atomic E-state index is -0.804. The van der Waals surface area contributed by atoms with E-state index < -0.39 is 11.6 Å². The van der Waals surface area contributed by atoms with Gasteiger partial charge in [0.25, 0.3) is 0 Å². The van der Waals surface area contributed by atoms with Gasteiger partial charge in [-0.15, -0.1) is 0 Å². The molecule has 0 aromatic heterocycles. The lowest BCUT2D eigenvalue weighted by atomic mass is 9.98. The summed E-state index contributed by atoms with van der Waals surface area (Å²) in [6, 6.07) is 2.08. The zero-order valence-electron chi connectivity index (χ0n) is 9.60. The van der Waals surface area contributed by atoms with Crippen molar-refractivity contribution < 1.29 is 13.6 Å². The first-order valence-electron chi connectivity index (χ1n) is 5.14. The number of hydrogen-bond acceptors (Lipinski definition) is 2. The molecular formula is C12H15F2NO. The minimum absolute atomic E-state index is 0.0418. The molecule has 1 aromatic carbocycles. The van der Waals surface area contributed by atoms with Crippen molar-refractivity contribution in [3.63, 3.8) is 0 Å². The summed E-state index contributed by atoms with van der Waals surface area (Å²) < 4.78 is 26.7. The van der Waals surface area contributed by atoms with Crippen LogP contribution in [0.25, 0.3) is 0 Å². The van der Waals surface area contributed by atoms with E-state index in [0.717, 1.165) is 6.07 Å². The Kier molecular flexibility index (Phi) is 4.12. The molecule has 0 fully saturated rings. The molecule has 0 saturated heterocycles. The van der Waals surface area contributed by atoms with E-state index >= 15 is 0 Å². The van der Waals surface area contributed by atoms with Gasteiger partial charge >= 0.3 is 0 Å². The molecule has 4 heteroatoms. The lowest BCUT2D eigenvalue weighted by Gasteiger charge is -2.10. The molecule has 0 saturated carbocycles. The fourth-order valence-electron chi connectivity index (χ4n) is 1.48. The van der Waals surface area contributed by atoms with Crippen LogP contribution in [-0.4, -0.2) is 19.4 Å². The van der Waals surface area contributed by atoms with E-state index in [1.807, 2.05) is 0 Å². The monoisotopic (exact) mass is 227 g/mol. The zero-order valence-corrected chi connectivity index (χ0v) is 9.60. The highest BCUT2D eigenvalue weighted by Gasteiger charge is 2.16. The lowest BCUT2D eigenvalue weighted by molar-refractivity contribution is 0.0989. The predicted octanol–water partition coefficient (Wildman–Crippen LogP) is 2.49. The van der Waals surface area contributed by atoms with E-state index in [4.69, 9.17) is 0 Å². The van der Waals surface area contributed by atoms with E-state index in [-0.39, 0.29) is 23.8 Å². The lowest BCUT2D eigenvalue weighted by Crippen LogP contribution is -2.20. The second-order valence-electron chi connectivity index (χ2n) is 3.96. The quantitative estimate of drug-likeness (QED) is 0.801. The van der Waals surface area contributed by atoms with Gasteiger partial charge in [0.2, 0.25) is 0 Å². The Morgan fingerprint density at radius 2 is 1.94 bits per heavy atom. The SMILES string of the molecule is CNCC(=O)c1cc(C(C)C)c(F)cc1F. The Hall–Kier alpha value is -1.29. The number of carbonyl (C=O) groups excluding carboxylic acids is 1. The third kappa shape index (κ3) is 2.64. The maximum atomic E-state index is 13.4. The Morgan fingerprint density at radius 3 is 2.44 bits per heavy atom. The van der Waals surface area contributed by atoms with Crippen molar-refractivity contribution in [3.05, 3.63) is 34.9 Å². The fraction of sp³-hybridized carbons (Fsp3) is 0.417. The summed E-state index contributed by atoms with van der Waals surface area (Å²) in [6.45, 7) is 3.63. The molecule has 16 heavy (non-hydrogen) atoms. The van der Waals surface area contributed by atoms with Crippen LogP contribution in [0.3, 0.4) is 0 Å². The van der Waals surface area contributed by atoms with Crippen LogP contribution in [0.5, 0.6) is 0 Å². The fourth-order valence-corrected chi connectivity index (χ4v) is 1.48. The highest BCUT2D eigenvalue weighted by atomic mass is 19.1. The minimum Gasteiger partial charge on any atom is -0.313 e. The van der Waals surface area contributed by atoms with Crippen molar-refractivity contribution >= 4 is 5.78 Å². The molecule has 2 nitrogen and oxygen atoms in total. The van der Waals surface area contributed by atoms with Gasteiger partial charge in [-0.1, -0.05) is 13.8 Å². The Morgan fingerprint density at radius 1 is 1.31 bits per heavy atom. The van der Waals surface area contributed by atoms with E-state index in [0.29, 0.717) is 5.56 Å². The summed E-state index contributed by atoms with van der Waals surface area (Å²) in [5.41, 5.74) is 0.306. The van der Waals surface area contributed by atoms with E-state index in [9.17, 15) is 13.6 Å². The Balaban J connectivity index is 3.19. The highest BCUT2D eigenvalue weighted by molar-refractivity contribution is 5.98. The van der Waals surface area contributed by atoms with E-state index in [1.165, 1.54) is 6.07 Å². The largest absolute Gasteiger partial charge is 0.313 e. The molecule has 1 aromatic rings. The highest BCUT2D eigenvalue weighted by Crippen LogP contribution is 2.22. The number of rotatable bonds is 4. The smallest absolute Gasteiger partial charge is 0.179 e. The second kappa shape index (κ2) is 5.16. The van der Waals surface area contributed by atoms with Crippen molar-refractivity contribution in [2.45, 2.75) is 19.8 Å². The van der Waals surface area contributed by atoms with Crippen LogP contribution in [0.2, 0.25) is 0 Å². The summed E-state index contributed by atoms with van der Waals surface area (Å²) in [6.07, 6.45) is 0. The molecule has 0 atom stereocenters. The summed E-state index contributed by atoms with van der Waals surface area (Å²) in [4.78, 5) is 11.5. The van der Waals surface area contributed by atoms with Gasteiger partial charge in [0, 0.05) is 6.07 Å². The van der Waals surface area contributed by atoms with Gasteiger partial charge < -0.3 is 5.32 Å². The van der Waals surface area contributed by atoms with Gasteiger partial charge in [0.1, 0.15) is 11.6 Å². The van der Waals surface area contributed by atoms with Gasteiger partial charge in [-0.25, -0.2) is 8.78 Å². The van der Waals surface area contributed by atoms with Crippen LogP contribution in [-0.2, 0) is 0 Å². The average molecular weight is 227 g/mol. The number of carbonyl (C=O) groups is 1. The summed E-state index contributed by atoms with van der Waals surface area (Å²) in [7, 11) is 1.60. The maximum Gasteiger partial charge on any atom is 0.179 e. The zero-order chi connectivity index (χ0) is 12.3. The number of Topliss-reactive ketones (excluding diaryl/α,β-unsaturated/α-hetero) is 1. The molecule has 0 aliphatic heterocycles. The van der Waals surface area contributed by atoms with Gasteiger partial charge in [-0.2, -0.15) is 0 Å². The summed E-state index contributed by atoms with van der Waals surface area (Å²) in [5.74, 6) is -1.86. The molecule has 0 heterocycles.